The Labute approximate surface area is 124 Å². The monoisotopic (exact) mass is 287 g/mol. The minimum atomic E-state index is -0.836. The van der Waals surface area contributed by atoms with Gasteiger partial charge in [-0.15, -0.1) is 0 Å². The fraction of sp³-hybridized carbons (Fsp3) is 0.467. The first-order valence-electron chi connectivity index (χ1n) is 7.22. The molecule has 1 unspecified atom stereocenters. The zero-order valence-corrected chi connectivity index (χ0v) is 12.5. The van der Waals surface area contributed by atoms with Gasteiger partial charge < -0.3 is 20.4 Å². The smallest absolute Gasteiger partial charge is 0.266 e. The number of hydrogen-bond acceptors (Lipinski definition) is 5. The summed E-state index contributed by atoms with van der Waals surface area (Å²) >= 11 is 0. The topological polar surface area (TPSA) is 65.2 Å². The molecule has 21 heavy (non-hydrogen) atoms. The van der Waals surface area contributed by atoms with Crippen molar-refractivity contribution in [3.63, 3.8) is 0 Å². The van der Waals surface area contributed by atoms with E-state index in [1.807, 2.05) is 24.3 Å². The van der Waals surface area contributed by atoms with Crippen LogP contribution >= 0.6 is 0 Å². The summed E-state index contributed by atoms with van der Waals surface area (Å²) in [5, 5.41) is 0. The Hall–Kier alpha value is -1.92. The number of piperazine rings is 1. The molecule has 2 heterocycles. The number of carbonyl (C=O) groups is 1. The SMILES string of the molecule is CN1CCN(C2=NC(N)C(=O)N(C)c3ccccc32)CC1. The van der Waals surface area contributed by atoms with E-state index >= 15 is 0 Å². The molecule has 6 heteroatoms. The van der Waals surface area contributed by atoms with Gasteiger partial charge in [0.2, 0.25) is 0 Å². The molecule has 2 aliphatic rings. The minimum absolute atomic E-state index is 0.174. The number of para-hydroxylation sites is 1. The van der Waals surface area contributed by atoms with Crippen LogP contribution in [0.15, 0.2) is 29.3 Å². The molecule has 1 aromatic rings. The lowest BCUT2D eigenvalue weighted by Crippen LogP contribution is -2.48. The standard InChI is InChI=1S/C15H21N5O/c1-18-7-9-20(10-8-18)14-11-5-3-4-6-12(11)19(2)15(21)13(16)17-14/h3-6,13H,7-10,16H2,1-2H3. The molecule has 0 radical (unpaired) electrons. The van der Waals surface area contributed by atoms with Gasteiger partial charge in [-0.05, 0) is 19.2 Å². The highest BCUT2D eigenvalue weighted by Crippen LogP contribution is 2.25. The summed E-state index contributed by atoms with van der Waals surface area (Å²) in [7, 11) is 3.87. The van der Waals surface area contributed by atoms with Gasteiger partial charge in [0, 0.05) is 38.8 Å². The summed E-state index contributed by atoms with van der Waals surface area (Å²) in [4.78, 5) is 22.9. The number of nitrogens with two attached hydrogens (primary N) is 1. The average Bonchev–Trinajstić information content (AvgIpc) is 2.60. The maximum atomic E-state index is 12.3. The fourth-order valence-electron chi connectivity index (χ4n) is 2.80. The van der Waals surface area contributed by atoms with Gasteiger partial charge in [-0.25, -0.2) is 4.99 Å². The largest absolute Gasteiger partial charge is 0.354 e. The highest BCUT2D eigenvalue weighted by molar-refractivity contribution is 6.11. The van der Waals surface area contributed by atoms with Gasteiger partial charge in [-0.1, -0.05) is 12.1 Å². The van der Waals surface area contributed by atoms with Crippen molar-refractivity contribution >= 4 is 17.4 Å². The third-order valence-electron chi connectivity index (χ3n) is 4.15. The first-order valence-corrected chi connectivity index (χ1v) is 7.22. The van der Waals surface area contributed by atoms with Crippen molar-refractivity contribution in [1.82, 2.24) is 9.80 Å². The van der Waals surface area contributed by atoms with E-state index in [0.29, 0.717) is 0 Å². The van der Waals surface area contributed by atoms with Gasteiger partial charge >= 0.3 is 0 Å². The lowest BCUT2D eigenvalue weighted by Gasteiger charge is -2.35. The highest BCUT2D eigenvalue weighted by atomic mass is 16.2. The summed E-state index contributed by atoms with van der Waals surface area (Å²) in [5.74, 6) is 0.662. The van der Waals surface area contributed by atoms with Gasteiger partial charge in [-0.3, -0.25) is 4.79 Å². The van der Waals surface area contributed by atoms with Crippen LogP contribution in [0.2, 0.25) is 0 Å². The highest BCUT2D eigenvalue weighted by Gasteiger charge is 2.29. The molecule has 0 aliphatic carbocycles. The van der Waals surface area contributed by atoms with Crippen molar-refractivity contribution in [2.24, 2.45) is 10.7 Å². The van der Waals surface area contributed by atoms with Gasteiger partial charge in [-0.2, -0.15) is 0 Å². The molecular weight excluding hydrogens is 266 g/mol. The zero-order chi connectivity index (χ0) is 15.0. The van der Waals surface area contributed by atoms with Gasteiger partial charge in [0.05, 0.1) is 5.69 Å². The quantitative estimate of drug-likeness (QED) is 0.726. The number of fused-ring (bicyclic) bond motifs is 1. The molecule has 6 nitrogen and oxygen atoms in total. The summed E-state index contributed by atoms with van der Waals surface area (Å²) < 4.78 is 0. The van der Waals surface area contributed by atoms with Crippen LogP contribution in [-0.4, -0.2) is 68.0 Å². The molecule has 112 valence electrons. The van der Waals surface area contributed by atoms with Crippen molar-refractivity contribution in [2.45, 2.75) is 6.17 Å². The first-order chi connectivity index (χ1) is 10.1. The van der Waals surface area contributed by atoms with Crippen LogP contribution in [-0.2, 0) is 4.79 Å². The number of aliphatic imine (C=N–C) groups is 1. The van der Waals surface area contributed by atoms with Crippen molar-refractivity contribution in [3.05, 3.63) is 29.8 Å². The van der Waals surface area contributed by atoms with Gasteiger partial charge in [0.25, 0.3) is 5.91 Å². The van der Waals surface area contributed by atoms with Gasteiger partial charge in [0.15, 0.2) is 6.17 Å². The lowest BCUT2D eigenvalue weighted by molar-refractivity contribution is -0.119. The molecule has 1 aromatic carbocycles. The first kappa shape index (κ1) is 14.0. The van der Waals surface area contributed by atoms with Crippen molar-refractivity contribution in [1.29, 1.82) is 0 Å². The number of anilines is 1. The Morgan fingerprint density at radius 2 is 1.81 bits per heavy atom. The molecular formula is C15H21N5O. The van der Waals surface area contributed by atoms with E-state index in [0.717, 1.165) is 43.3 Å². The van der Waals surface area contributed by atoms with Crippen LogP contribution < -0.4 is 10.6 Å². The van der Waals surface area contributed by atoms with E-state index in [2.05, 4.69) is 21.8 Å². The Bertz CT molecular complexity index is 577. The van der Waals surface area contributed by atoms with Gasteiger partial charge in [0.1, 0.15) is 5.84 Å². The maximum absolute atomic E-state index is 12.3. The summed E-state index contributed by atoms with van der Waals surface area (Å²) in [6, 6.07) is 7.85. The molecule has 0 spiro atoms. The van der Waals surface area contributed by atoms with Crippen molar-refractivity contribution in [2.75, 3.05) is 45.2 Å². The Morgan fingerprint density at radius 1 is 1.14 bits per heavy atom. The molecule has 1 saturated heterocycles. The molecule has 3 rings (SSSR count). The average molecular weight is 287 g/mol. The molecule has 2 N–H and O–H groups in total. The van der Waals surface area contributed by atoms with E-state index in [4.69, 9.17) is 5.73 Å². The number of benzodiazepines with no additional fused rings is 1. The molecule has 2 aliphatic heterocycles. The number of amidine groups is 1. The number of hydrogen-bond donors (Lipinski definition) is 1. The van der Waals surface area contributed by atoms with Crippen LogP contribution in [0.1, 0.15) is 5.56 Å². The second-order valence-corrected chi connectivity index (χ2v) is 5.60. The van der Waals surface area contributed by atoms with E-state index in [9.17, 15) is 4.79 Å². The molecule has 1 fully saturated rings. The van der Waals surface area contributed by atoms with Crippen molar-refractivity contribution in [3.8, 4) is 0 Å². The Balaban J connectivity index is 2.03. The fourth-order valence-corrected chi connectivity index (χ4v) is 2.80. The van der Waals surface area contributed by atoms with Crippen LogP contribution in [0.5, 0.6) is 0 Å². The minimum Gasteiger partial charge on any atom is -0.354 e. The van der Waals surface area contributed by atoms with Crippen molar-refractivity contribution < 1.29 is 4.79 Å². The molecule has 0 saturated carbocycles. The molecule has 0 aromatic heterocycles. The van der Waals surface area contributed by atoms with Crippen LogP contribution in [0.3, 0.4) is 0 Å². The molecule has 1 atom stereocenters. The number of carbonyl (C=O) groups excluding carboxylic acids is 1. The van der Waals surface area contributed by atoms with Crippen LogP contribution in [0.4, 0.5) is 5.69 Å². The molecule has 1 amide bonds. The number of nitrogens with zero attached hydrogens (tertiary/aromatic N) is 4. The van der Waals surface area contributed by atoms with Crippen LogP contribution in [0, 0.1) is 0 Å². The maximum Gasteiger partial charge on any atom is 0.266 e. The second-order valence-electron chi connectivity index (χ2n) is 5.60. The normalized spacial score (nSPS) is 23.7. The lowest BCUT2D eigenvalue weighted by atomic mass is 10.1. The third kappa shape index (κ3) is 2.52. The van der Waals surface area contributed by atoms with E-state index < -0.39 is 6.17 Å². The predicted octanol–water partition coefficient (Wildman–Crippen LogP) is -0.0582. The van der Waals surface area contributed by atoms with E-state index in [1.165, 1.54) is 0 Å². The summed E-state index contributed by atoms with van der Waals surface area (Å²) in [5.41, 5.74) is 7.80. The Morgan fingerprint density at radius 3 is 2.52 bits per heavy atom. The van der Waals surface area contributed by atoms with Crippen LogP contribution in [0.25, 0.3) is 0 Å². The van der Waals surface area contributed by atoms with E-state index in [1.54, 1.807) is 11.9 Å². The third-order valence-corrected chi connectivity index (χ3v) is 4.15. The Kier molecular flexibility index (Phi) is 3.65. The number of benzene rings is 1. The summed E-state index contributed by atoms with van der Waals surface area (Å²) in [6.45, 7) is 3.77. The zero-order valence-electron chi connectivity index (χ0n) is 12.5. The second kappa shape index (κ2) is 5.46. The molecule has 0 bridgehead atoms. The number of rotatable bonds is 0. The number of likely N-dealkylation sites (N-methyl/N-ethyl adjacent to an activating group) is 2. The number of amides is 1. The summed E-state index contributed by atoms with van der Waals surface area (Å²) in [6.07, 6.45) is -0.836. The predicted molar refractivity (Wildman–Crippen MR) is 83.4 cm³/mol. The van der Waals surface area contributed by atoms with E-state index in [-0.39, 0.29) is 5.91 Å².